The number of amides is 2. The van der Waals surface area contributed by atoms with Crippen LogP contribution in [0.3, 0.4) is 0 Å². The zero-order valence-corrected chi connectivity index (χ0v) is 19.0. The molecule has 1 N–H and O–H groups in total. The van der Waals surface area contributed by atoms with E-state index in [1.807, 2.05) is 29.2 Å². The van der Waals surface area contributed by atoms with E-state index in [1.165, 1.54) is 22.5 Å². The van der Waals surface area contributed by atoms with Crippen molar-refractivity contribution in [3.63, 3.8) is 0 Å². The van der Waals surface area contributed by atoms with Crippen LogP contribution >= 0.6 is 11.3 Å². The summed E-state index contributed by atoms with van der Waals surface area (Å²) < 4.78 is 7.16. The number of carbonyl (C=O) groups excluding carboxylic acids is 2. The molecular formula is C25H27N3O3S. The zero-order chi connectivity index (χ0) is 22.1. The van der Waals surface area contributed by atoms with Gasteiger partial charge in [0.1, 0.15) is 6.10 Å². The largest absolute Gasteiger partial charge is 0.370 e. The number of hydrogen-bond donors (Lipinski definition) is 1. The van der Waals surface area contributed by atoms with E-state index in [0.29, 0.717) is 31.1 Å². The molecule has 5 rings (SSSR count). The fraction of sp³-hybridized carbons (Fsp3) is 0.360. The maximum absolute atomic E-state index is 13.2. The van der Waals surface area contributed by atoms with Crippen LogP contribution in [0.2, 0.25) is 0 Å². The maximum Gasteiger partial charge on any atom is 0.261 e. The first-order chi connectivity index (χ1) is 15.6. The molecule has 1 fully saturated rings. The van der Waals surface area contributed by atoms with Gasteiger partial charge in [-0.25, -0.2) is 0 Å². The second kappa shape index (κ2) is 9.02. The van der Waals surface area contributed by atoms with E-state index < -0.39 is 0 Å². The lowest BCUT2D eigenvalue weighted by atomic mass is 10.00. The number of fused-ring (bicyclic) bond motifs is 2. The Kier molecular flexibility index (Phi) is 5.95. The average Bonchev–Trinajstić information content (AvgIpc) is 3.23. The van der Waals surface area contributed by atoms with Crippen molar-refractivity contribution in [3.05, 3.63) is 70.1 Å². The van der Waals surface area contributed by atoms with Gasteiger partial charge in [0.25, 0.3) is 5.91 Å². The van der Waals surface area contributed by atoms with E-state index in [1.54, 1.807) is 7.05 Å². The van der Waals surface area contributed by atoms with Crippen molar-refractivity contribution < 1.29 is 14.3 Å². The summed E-state index contributed by atoms with van der Waals surface area (Å²) in [4.78, 5) is 30.6. The zero-order valence-electron chi connectivity index (χ0n) is 18.2. The van der Waals surface area contributed by atoms with Crippen LogP contribution in [0, 0.1) is 0 Å². The molecule has 3 heterocycles. The summed E-state index contributed by atoms with van der Waals surface area (Å²) in [5.74, 6) is 0.0129. The van der Waals surface area contributed by atoms with Crippen molar-refractivity contribution in [1.29, 1.82) is 0 Å². The molecule has 0 spiro atoms. The molecule has 1 aromatic heterocycles. The minimum Gasteiger partial charge on any atom is -0.370 e. The first-order valence-corrected chi connectivity index (χ1v) is 11.9. The average molecular weight is 450 g/mol. The Bertz CT molecular complexity index is 1160. The molecule has 2 amide bonds. The molecule has 0 aliphatic carbocycles. The highest BCUT2D eigenvalue weighted by Crippen LogP contribution is 2.38. The first-order valence-electron chi connectivity index (χ1n) is 11.1. The normalized spacial score (nSPS) is 19.0. The van der Waals surface area contributed by atoms with Gasteiger partial charge in [-0.1, -0.05) is 42.5 Å². The van der Waals surface area contributed by atoms with Crippen molar-refractivity contribution in [2.45, 2.75) is 19.1 Å². The van der Waals surface area contributed by atoms with Crippen LogP contribution in [0.4, 0.5) is 0 Å². The van der Waals surface area contributed by atoms with Crippen LogP contribution < -0.4 is 5.32 Å². The van der Waals surface area contributed by atoms with Gasteiger partial charge < -0.3 is 15.0 Å². The monoisotopic (exact) mass is 449 g/mol. The predicted molar refractivity (Wildman–Crippen MR) is 126 cm³/mol. The number of rotatable bonds is 4. The van der Waals surface area contributed by atoms with Crippen molar-refractivity contribution in [2.75, 3.05) is 39.8 Å². The van der Waals surface area contributed by atoms with E-state index in [4.69, 9.17) is 4.74 Å². The highest BCUT2D eigenvalue weighted by Gasteiger charge is 2.32. The van der Waals surface area contributed by atoms with Gasteiger partial charge >= 0.3 is 0 Å². The van der Waals surface area contributed by atoms with Crippen LogP contribution in [0.5, 0.6) is 0 Å². The quantitative estimate of drug-likeness (QED) is 0.665. The van der Waals surface area contributed by atoms with Crippen molar-refractivity contribution >= 4 is 33.2 Å². The highest BCUT2D eigenvalue weighted by molar-refractivity contribution is 7.21. The number of benzene rings is 2. The van der Waals surface area contributed by atoms with E-state index in [-0.39, 0.29) is 17.9 Å². The first kappa shape index (κ1) is 21.1. The van der Waals surface area contributed by atoms with Crippen molar-refractivity contribution in [1.82, 2.24) is 15.1 Å². The van der Waals surface area contributed by atoms with Crippen molar-refractivity contribution in [2.24, 2.45) is 0 Å². The molecule has 1 saturated heterocycles. The molecule has 166 valence electrons. The van der Waals surface area contributed by atoms with Crippen LogP contribution in [0.25, 0.3) is 10.1 Å². The lowest BCUT2D eigenvalue weighted by molar-refractivity contribution is -0.140. The van der Waals surface area contributed by atoms with Gasteiger partial charge in [-0.05, 0) is 29.0 Å². The third-order valence-corrected chi connectivity index (χ3v) is 7.56. The Morgan fingerprint density at radius 1 is 1.09 bits per heavy atom. The Morgan fingerprint density at radius 3 is 2.72 bits per heavy atom. The second-order valence-electron chi connectivity index (χ2n) is 8.35. The molecule has 6 nitrogen and oxygen atoms in total. The number of morpholine rings is 1. The third kappa shape index (κ3) is 4.03. The maximum atomic E-state index is 13.2. The summed E-state index contributed by atoms with van der Waals surface area (Å²) in [6.45, 7) is 3.63. The number of nitrogens with one attached hydrogen (secondary N) is 1. The molecule has 3 aromatic rings. The van der Waals surface area contributed by atoms with Gasteiger partial charge in [-0.15, -0.1) is 11.3 Å². The molecule has 2 aromatic carbocycles. The smallest absolute Gasteiger partial charge is 0.261 e. The van der Waals surface area contributed by atoms with Gasteiger partial charge in [0.15, 0.2) is 0 Å². The molecule has 0 bridgehead atoms. The summed E-state index contributed by atoms with van der Waals surface area (Å²) in [5, 5.41) is 3.78. The molecule has 0 saturated carbocycles. The van der Waals surface area contributed by atoms with Gasteiger partial charge in [0.05, 0.1) is 24.6 Å². The molecule has 7 heteroatoms. The third-order valence-electron chi connectivity index (χ3n) is 6.38. The summed E-state index contributed by atoms with van der Waals surface area (Å²) in [6, 6.07) is 16.5. The highest BCUT2D eigenvalue weighted by atomic mass is 32.1. The SMILES string of the molecule is CNC(=O)c1sc2ccccc2c1[C@H]1CN(C(=O)CN2CCc3ccccc3C2)CCO1. The van der Waals surface area contributed by atoms with E-state index in [9.17, 15) is 9.59 Å². The molecule has 1 atom stereocenters. The fourth-order valence-electron chi connectivity index (χ4n) is 4.70. The molecule has 0 unspecified atom stereocenters. The summed E-state index contributed by atoms with van der Waals surface area (Å²) >= 11 is 1.48. The summed E-state index contributed by atoms with van der Waals surface area (Å²) in [7, 11) is 1.64. The minimum absolute atomic E-state index is 0.111. The van der Waals surface area contributed by atoms with Crippen LogP contribution in [0.15, 0.2) is 48.5 Å². The number of ether oxygens (including phenoxy) is 1. The standard InChI is InChI=1S/C25H27N3O3S/c1-26-25(30)24-23(19-8-4-5-9-21(19)32-24)20-15-28(12-13-31-20)22(29)16-27-11-10-17-6-2-3-7-18(17)14-27/h2-9,20H,10-16H2,1H3,(H,26,30)/t20-/m1/s1. The van der Waals surface area contributed by atoms with Crippen LogP contribution in [-0.2, 0) is 22.5 Å². The predicted octanol–water partition coefficient (Wildman–Crippen LogP) is 3.22. The molecular weight excluding hydrogens is 422 g/mol. The number of hydrogen-bond acceptors (Lipinski definition) is 5. The second-order valence-corrected chi connectivity index (χ2v) is 9.40. The Morgan fingerprint density at radius 2 is 1.88 bits per heavy atom. The van der Waals surface area contributed by atoms with E-state index in [2.05, 4.69) is 34.5 Å². The van der Waals surface area contributed by atoms with Crippen molar-refractivity contribution in [3.8, 4) is 0 Å². The number of nitrogens with zero attached hydrogens (tertiary/aromatic N) is 2. The Hall–Kier alpha value is -2.74. The number of thiophene rings is 1. The van der Waals surface area contributed by atoms with Gasteiger partial charge in [0.2, 0.25) is 5.91 Å². The number of carbonyl (C=O) groups is 2. The lowest BCUT2D eigenvalue weighted by Gasteiger charge is -2.35. The fourth-order valence-corrected chi connectivity index (χ4v) is 5.90. The molecule has 32 heavy (non-hydrogen) atoms. The molecule has 2 aliphatic rings. The van der Waals surface area contributed by atoms with Gasteiger partial charge in [-0.3, -0.25) is 14.5 Å². The Labute approximate surface area is 191 Å². The molecule has 0 radical (unpaired) electrons. The minimum atomic E-state index is -0.307. The van der Waals surface area contributed by atoms with Crippen LogP contribution in [-0.4, -0.2) is 61.4 Å². The van der Waals surface area contributed by atoms with E-state index >= 15 is 0 Å². The van der Waals surface area contributed by atoms with Gasteiger partial charge in [-0.2, -0.15) is 0 Å². The Balaban J connectivity index is 1.33. The summed E-state index contributed by atoms with van der Waals surface area (Å²) in [5.41, 5.74) is 3.59. The lowest BCUT2D eigenvalue weighted by Crippen LogP contribution is -2.47. The summed E-state index contributed by atoms with van der Waals surface area (Å²) in [6.07, 6.45) is 0.671. The molecule has 2 aliphatic heterocycles. The van der Waals surface area contributed by atoms with Crippen LogP contribution in [0.1, 0.15) is 32.5 Å². The van der Waals surface area contributed by atoms with E-state index in [0.717, 1.165) is 35.2 Å². The topological polar surface area (TPSA) is 61.9 Å². The van der Waals surface area contributed by atoms with Gasteiger partial charge in [0, 0.05) is 36.9 Å².